The molecule has 1 saturated carbocycles. The summed E-state index contributed by atoms with van der Waals surface area (Å²) >= 11 is 0. The molecular weight excluding hydrogens is 328 g/mol. The number of nitrogens with one attached hydrogen (secondary N) is 1. The summed E-state index contributed by atoms with van der Waals surface area (Å²) in [6, 6.07) is 8.09. The second kappa shape index (κ2) is 6.74. The van der Waals surface area contributed by atoms with Gasteiger partial charge in [0.2, 0.25) is 0 Å². The molecule has 3 aromatic rings. The summed E-state index contributed by atoms with van der Waals surface area (Å²) in [4.78, 5) is 23.4. The SMILES string of the molecule is CC(C)n1ncc2cc(NC(=O)N(Cc3ccccn3)C3CC3)cnc21. The van der Waals surface area contributed by atoms with E-state index in [1.165, 1.54) is 0 Å². The van der Waals surface area contributed by atoms with Crippen LogP contribution in [0.1, 0.15) is 38.4 Å². The van der Waals surface area contributed by atoms with E-state index in [0.717, 1.165) is 29.6 Å². The zero-order chi connectivity index (χ0) is 18.1. The molecule has 134 valence electrons. The van der Waals surface area contributed by atoms with Gasteiger partial charge in [-0.2, -0.15) is 5.10 Å². The van der Waals surface area contributed by atoms with Crippen LogP contribution >= 0.6 is 0 Å². The van der Waals surface area contributed by atoms with Crippen molar-refractivity contribution in [1.82, 2.24) is 24.6 Å². The monoisotopic (exact) mass is 350 g/mol. The van der Waals surface area contributed by atoms with E-state index < -0.39 is 0 Å². The maximum atomic E-state index is 12.8. The molecular formula is C19H22N6O. The van der Waals surface area contributed by atoms with Gasteiger partial charge in [0, 0.05) is 23.7 Å². The van der Waals surface area contributed by atoms with E-state index in [-0.39, 0.29) is 18.1 Å². The Morgan fingerprint density at radius 1 is 1.31 bits per heavy atom. The van der Waals surface area contributed by atoms with Crippen LogP contribution in [0.4, 0.5) is 10.5 Å². The molecule has 1 N–H and O–H groups in total. The molecule has 0 saturated heterocycles. The predicted molar refractivity (Wildman–Crippen MR) is 99.7 cm³/mol. The number of urea groups is 1. The maximum Gasteiger partial charge on any atom is 0.322 e. The quantitative estimate of drug-likeness (QED) is 0.763. The lowest BCUT2D eigenvalue weighted by Crippen LogP contribution is -2.36. The van der Waals surface area contributed by atoms with Crippen molar-refractivity contribution in [3.63, 3.8) is 0 Å². The molecule has 0 spiro atoms. The van der Waals surface area contributed by atoms with Crippen molar-refractivity contribution in [2.45, 2.75) is 45.3 Å². The minimum absolute atomic E-state index is 0.115. The molecule has 7 heteroatoms. The third kappa shape index (κ3) is 3.37. The highest BCUT2D eigenvalue weighted by Gasteiger charge is 2.33. The average Bonchev–Trinajstić information content (AvgIpc) is 3.38. The van der Waals surface area contributed by atoms with E-state index >= 15 is 0 Å². The maximum absolute atomic E-state index is 12.8. The molecule has 0 aromatic carbocycles. The molecule has 1 aliphatic rings. The number of fused-ring (bicyclic) bond motifs is 1. The van der Waals surface area contributed by atoms with E-state index in [2.05, 4.69) is 34.2 Å². The zero-order valence-corrected chi connectivity index (χ0v) is 15.0. The highest BCUT2D eigenvalue weighted by molar-refractivity contribution is 5.91. The van der Waals surface area contributed by atoms with Crippen molar-refractivity contribution in [3.8, 4) is 0 Å². The summed E-state index contributed by atoms with van der Waals surface area (Å²) in [5.41, 5.74) is 2.39. The van der Waals surface area contributed by atoms with Gasteiger partial charge in [-0.3, -0.25) is 4.98 Å². The van der Waals surface area contributed by atoms with E-state index in [9.17, 15) is 4.79 Å². The Bertz CT molecular complexity index is 916. The number of amides is 2. The number of carbonyl (C=O) groups is 1. The summed E-state index contributed by atoms with van der Waals surface area (Å²) in [6.45, 7) is 4.64. The van der Waals surface area contributed by atoms with Crippen LogP contribution in [0.5, 0.6) is 0 Å². The smallest absolute Gasteiger partial charge is 0.316 e. The van der Waals surface area contributed by atoms with E-state index in [1.54, 1.807) is 18.6 Å². The Morgan fingerprint density at radius 3 is 2.85 bits per heavy atom. The summed E-state index contributed by atoms with van der Waals surface area (Å²) in [7, 11) is 0. The Balaban J connectivity index is 1.51. The number of nitrogens with zero attached hydrogens (tertiary/aromatic N) is 5. The van der Waals surface area contributed by atoms with Crippen molar-refractivity contribution in [3.05, 3.63) is 48.5 Å². The van der Waals surface area contributed by atoms with E-state index in [1.807, 2.05) is 33.8 Å². The molecule has 3 aromatic heterocycles. The first-order valence-electron chi connectivity index (χ1n) is 8.92. The highest BCUT2D eigenvalue weighted by atomic mass is 16.2. The molecule has 26 heavy (non-hydrogen) atoms. The van der Waals surface area contributed by atoms with Crippen LogP contribution < -0.4 is 5.32 Å². The first-order valence-corrected chi connectivity index (χ1v) is 8.92. The predicted octanol–water partition coefficient (Wildman–Crippen LogP) is 3.60. The Hall–Kier alpha value is -2.96. The second-order valence-corrected chi connectivity index (χ2v) is 6.93. The van der Waals surface area contributed by atoms with Crippen LogP contribution in [0.25, 0.3) is 11.0 Å². The van der Waals surface area contributed by atoms with Crippen LogP contribution in [-0.4, -0.2) is 36.7 Å². The van der Waals surface area contributed by atoms with Gasteiger partial charge in [-0.1, -0.05) is 6.07 Å². The minimum Gasteiger partial charge on any atom is -0.316 e. The van der Waals surface area contributed by atoms with Crippen LogP contribution in [0.2, 0.25) is 0 Å². The van der Waals surface area contributed by atoms with Crippen molar-refractivity contribution >= 4 is 22.8 Å². The third-order valence-electron chi connectivity index (χ3n) is 4.48. The molecule has 0 atom stereocenters. The lowest BCUT2D eigenvalue weighted by molar-refractivity contribution is 0.205. The van der Waals surface area contributed by atoms with Gasteiger partial charge in [-0.25, -0.2) is 14.5 Å². The molecule has 1 fully saturated rings. The van der Waals surface area contributed by atoms with Crippen molar-refractivity contribution in [2.24, 2.45) is 0 Å². The number of anilines is 1. The van der Waals surface area contributed by atoms with Gasteiger partial charge >= 0.3 is 6.03 Å². The first-order chi connectivity index (χ1) is 12.6. The Kier molecular flexibility index (Phi) is 4.28. The minimum atomic E-state index is -0.115. The zero-order valence-electron chi connectivity index (χ0n) is 15.0. The van der Waals surface area contributed by atoms with Crippen LogP contribution in [-0.2, 0) is 6.54 Å². The number of hydrogen-bond donors (Lipinski definition) is 1. The number of aromatic nitrogens is 4. The molecule has 0 bridgehead atoms. The van der Waals surface area contributed by atoms with Gasteiger partial charge in [-0.15, -0.1) is 0 Å². The summed E-state index contributed by atoms with van der Waals surface area (Å²) in [6.07, 6.45) is 7.30. The summed E-state index contributed by atoms with van der Waals surface area (Å²) < 4.78 is 1.87. The molecule has 3 heterocycles. The molecule has 1 aliphatic carbocycles. The van der Waals surface area contributed by atoms with E-state index in [0.29, 0.717) is 12.2 Å². The average molecular weight is 350 g/mol. The number of rotatable bonds is 5. The second-order valence-electron chi connectivity index (χ2n) is 6.93. The van der Waals surface area contributed by atoms with Crippen LogP contribution in [0.3, 0.4) is 0 Å². The van der Waals surface area contributed by atoms with Crippen molar-refractivity contribution in [1.29, 1.82) is 0 Å². The topological polar surface area (TPSA) is 75.9 Å². The van der Waals surface area contributed by atoms with Gasteiger partial charge in [0.1, 0.15) is 0 Å². The van der Waals surface area contributed by atoms with Gasteiger partial charge in [0.05, 0.1) is 30.3 Å². The lowest BCUT2D eigenvalue weighted by Gasteiger charge is -2.22. The fourth-order valence-electron chi connectivity index (χ4n) is 3.00. The largest absolute Gasteiger partial charge is 0.322 e. The fraction of sp³-hybridized carbons (Fsp3) is 0.368. The van der Waals surface area contributed by atoms with Crippen LogP contribution in [0.15, 0.2) is 42.9 Å². The number of carbonyl (C=O) groups excluding carboxylic acids is 1. The molecule has 4 rings (SSSR count). The summed E-state index contributed by atoms with van der Waals surface area (Å²) in [5, 5.41) is 8.26. The lowest BCUT2D eigenvalue weighted by atomic mass is 10.3. The molecule has 0 radical (unpaired) electrons. The van der Waals surface area contributed by atoms with Gasteiger partial charge in [0.25, 0.3) is 0 Å². The fourth-order valence-corrected chi connectivity index (χ4v) is 3.00. The number of hydrogen-bond acceptors (Lipinski definition) is 4. The van der Waals surface area contributed by atoms with Gasteiger partial charge in [-0.05, 0) is 44.9 Å². The molecule has 2 amide bonds. The Morgan fingerprint density at radius 2 is 2.15 bits per heavy atom. The molecule has 0 aliphatic heterocycles. The van der Waals surface area contributed by atoms with Gasteiger partial charge < -0.3 is 10.2 Å². The molecule has 0 unspecified atom stereocenters. The van der Waals surface area contributed by atoms with Gasteiger partial charge in [0.15, 0.2) is 5.65 Å². The number of pyridine rings is 2. The van der Waals surface area contributed by atoms with Crippen LogP contribution in [0, 0.1) is 0 Å². The normalized spacial score (nSPS) is 14.0. The first kappa shape index (κ1) is 16.5. The van der Waals surface area contributed by atoms with Crippen molar-refractivity contribution in [2.75, 3.05) is 5.32 Å². The highest BCUT2D eigenvalue weighted by Crippen LogP contribution is 2.29. The van der Waals surface area contributed by atoms with Crippen molar-refractivity contribution < 1.29 is 4.79 Å². The Labute approximate surface area is 152 Å². The summed E-state index contributed by atoms with van der Waals surface area (Å²) in [5.74, 6) is 0. The van der Waals surface area contributed by atoms with E-state index in [4.69, 9.17) is 0 Å². The standard InChI is InChI=1S/C19H22N6O/c1-13(2)25-18-14(10-22-25)9-16(11-21-18)23-19(26)24(17-6-7-17)12-15-5-3-4-8-20-15/h3-5,8-11,13,17H,6-7,12H2,1-2H3,(H,23,26). The molecule has 7 nitrogen and oxygen atoms in total. The third-order valence-corrected chi connectivity index (χ3v) is 4.48.